The van der Waals surface area contributed by atoms with Crippen LogP contribution in [-0.4, -0.2) is 13.1 Å². The lowest BCUT2D eigenvalue weighted by molar-refractivity contribution is 0.137. The molecule has 3 rings (SSSR count). The molecular weight excluding hydrogens is 196 g/mol. The Labute approximate surface area is 96.3 Å². The molecule has 1 N–H and O–H groups in total. The Morgan fingerprint density at radius 3 is 2.56 bits per heavy atom. The average Bonchev–Trinajstić information content (AvgIpc) is 2.73. The van der Waals surface area contributed by atoms with Gasteiger partial charge < -0.3 is 5.32 Å². The van der Waals surface area contributed by atoms with Crippen LogP contribution in [0.25, 0.3) is 0 Å². The van der Waals surface area contributed by atoms with Crippen molar-refractivity contribution in [2.24, 2.45) is 5.41 Å². The molecule has 82 valence electrons. The predicted molar refractivity (Wildman–Crippen MR) is 63.1 cm³/mol. The van der Waals surface area contributed by atoms with Crippen LogP contribution in [0.5, 0.6) is 0 Å². The molecule has 2 nitrogen and oxygen atoms in total. The molecule has 1 aliphatic heterocycles. The van der Waals surface area contributed by atoms with Crippen LogP contribution >= 0.6 is 0 Å². The van der Waals surface area contributed by atoms with Crippen LogP contribution in [0.2, 0.25) is 0 Å². The smallest absolute Gasteiger partial charge is 0.0991 e. The SMILES string of the molecule is N#Cc1ccc(C2CNCC23CCC3)cc1. The van der Waals surface area contributed by atoms with Gasteiger partial charge >= 0.3 is 0 Å². The molecule has 1 atom stereocenters. The highest BCUT2D eigenvalue weighted by Gasteiger charge is 2.47. The first-order valence-electron chi connectivity index (χ1n) is 6.05. The van der Waals surface area contributed by atoms with E-state index in [0.717, 1.165) is 12.1 Å². The van der Waals surface area contributed by atoms with Crippen LogP contribution in [0.15, 0.2) is 24.3 Å². The molecule has 1 spiro atoms. The summed E-state index contributed by atoms with van der Waals surface area (Å²) >= 11 is 0. The summed E-state index contributed by atoms with van der Waals surface area (Å²) in [5, 5.41) is 12.3. The van der Waals surface area contributed by atoms with Gasteiger partial charge in [0.05, 0.1) is 11.6 Å². The Hall–Kier alpha value is -1.33. The van der Waals surface area contributed by atoms with E-state index in [1.807, 2.05) is 12.1 Å². The number of rotatable bonds is 1. The minimum atomic E-state index is 0.536. The zero-order chi connectivity index (χ0) is 11.0. The van der Waals surface area contributed by atoms with E-state index in [1.165, 1.54) is 31.4 Å². The highest BCUT2D eigenvalue weighted by Crippen LogP contribution is 2.53. The summed E-state index contributed by atoms with van der Waals surface area (Å²) < 4.78 is 0. The van der Waals surface area contributed by atoms with Crippen LogP contribution in [0.4, 0.5) is 0 Å². The van der Waals surface area contributed by atoms with E-state index in [1.54, 1.807) is 0 Å². The maximum Gasteiger partial charge on any atom is 0.0991 e. The molecule has 1 unspecified atom stereocenters. The Balaban J connectivity index is 1.88. The maximum atomic E-state index is 8.79. The fourth-order valence-corrected chi connectivity index (χ4v) is 3.22. The lowest BCUT2D eigenvalue weighted by Gasteiger charge is -2.43. The van der Waals surface area contributed by atoms with Gasteiger partial charge in [-0.1, -0.05) is 18.6 Å². The fraction of sp³-hybridized carbons (Fsp3) is 0.500. The van der Waals surface area contributed by atoms with E-state index in [-0.39, 0.29) is 0 Å². The van der Waals surface area contributed by atoms with Crippen molar-refractivity contribution in [3.63, 3.8) is 0 Å². The molecule has 2 heteroatoms. The summed E-state index contributed by atoms with van der Waals surface area (Å²) in [6.07, 6.45) is 4.11. The van der Waals surface area contributed by atoms with Crippen molar-refractivity contribution in [1.82, 2.24) is 5.32 Å². The molecule has 1 aromatic carbocycles. The van der Waals surface area contributed by atoms with Gasteiger partial charge in [-0.05, 0) is 36.0 Å². The molecule has 2 aliphatic rings. The van der Waals surface area contributed by atoms with Crippen molar-refractivity contribution < 1.29 is 0 Å². The molecule has 0 radical (unpaired) electrons. The van der Waals surface area contributed by atoms with E-state index in [9.17, 15) is 0 Å². The van der Waals surface area contributed by atoms with Crippen molar-refractivity contribution in [2.75, 3.05) is 13.1 Å². The van der Waals surface area contributed by atoms with Crippen LogP contribution in [-0.2, 0) is 0 Å². The molecule has 1 aliphatic carbocycles. The summed E-state index contributed by atoms with van der Waals surface area (Å²) in [7, 11) is 0. The minimum absolute atomic E-state index is 0.536. The molecule has 1 saturated heterocycles. The molecular formula is C14H16N2. The third kappa shape index (κ3) is 1.36. The average molecular weight is 212 g/mol. The van der Waals surface area contributed by atoms with E-state index >= 15 is 0 Å². The first kappa shape index (κ1) is 9.86. The standard InChI is InChI=1S/C14H16N2/c15-8-11-2-4-12(5-3-11)13-9-16-10-14(13)6-1-7-14/h2-5,13,16H,1,6-7,9-10H2. The molecule has 16 heavy (non-hydrogen) atoms. The van der Waals surface area contributed by atoms with Crippen molar-refractivity contribution in [3.05, 3.63) is 35.4 Å². The van der Waals surface area contributed by atoms with Gasteiger partial charge in [0.25, 0.3) is 0 Å². The Bertz CT molecular complexity index is 423. The third-order valence-electron chi connectivity index (χ3n) is 4.36. The lowest BCUT2D eigenvalue weighted by atomic mass is 9.61. The van der Waals surface area contributed by atoms with Gasteiger partial charge in [0.2, 0.25) is 0 Å². The van der Waals surface area contributed by atoms with Gasteiger partial charge in [-0.15, -0.1) is 0 Å². The Morgan fingerprint density at radius 1 is 1.25 bits per heavy atom. The summed E-state index contributed by atoms with van der Waals surface area (Å²) in [5.74, 6) is 0.661. The van der Waals surface area contributed by atoms with Crippen LogP contribution in [0.1, 0.15) is 36.3 Å². The van der Waals surface area contributed by atoms with Crippen LogP contribution < -0.4 is 5.32 Å². The van der Waals surface area contributed by atoms with Crippen LogP contribution in [0.3, 0.4) is 0 Å². The third-order valence-corrected chi connectivity index (χ3v) is 4.36. The number of nitriles is 1. The quantitative estimate of drug-likeness (QED) is 0.776. The van der Waals surface area contributed by atoms with E-state index < -0.39 is 0 Å². The van der Waals surface area contributed by atoms with E-state index in [0.29, 0.717) is 11.3 Å². The monoisotopic (exact) mass is 212 g/mol. The molecule has 2 fully saturated rings. The normalized spacial score (nSPS) is 26.3. The summed E-state index contributed by atoms with van der Waals surface area (Å²) in [6.45, 7) is 2.28. The van der Waals surface area contributed by atoms with Gasteiger partial charge in [0, 0.05) is 19.0 Å². The second-order valence-corrected chi connectivity index (χ2v) is 5.13. The second-order valence-electron chi connectivity index (χ2n) is 5.13. The molecule has 0 aromatic heterocycles. The zero-order valence-electron chi connectivity index (χ0n) is 9.37. The van der Waals surface area contributed by atoms with Gasteiger partial charge in [-0.3, -0.25) is 0 Å². The Kier molecular flexibility index (Phi) is 2.22. The minimum Gasteiger partial charge on any atom is -0.316 e. The van der Waals surface area contributed by atoms with Crippen molar-refractivity contribution in [2.45, 2.75) is 25.2 Å². The largest absolute Gasteiger partial charge is 0.316 e. The van der Waals surface area contributed by atoms with E-state index in [2.05, 4.69) is 23.5 Å². The number of hydrogen-bond donors (Lipinski definition) is 1. The van der Waals surface area contributed by atoms with Gasteiger partial charge in [0.15, 0.2) is 0 Å². The first-order valence-corrected chi connectivity index (χ1v) is 6.05. The van der Waals surface area contributed by atoms with Crippen molar-refractivity contribution in [3.8, 4) is 6.07 Å². The second kappa shape index (κ2) is 3.61. The number of hydrogen-bond acceptors (Lipinski definition) is 2. The van der Waals surface area contributed by atoms with Crippen molar-refractivity contribution >= 4 is 0 Å². The van der Waals surface area contributed by atoms with E-state index in [4.69, 9.17) is 5.26 Å². The molecule has 1 saturated carbocycles. The zero-order valence-corrected chi connectivity index (χ0v) is 9.37. The number of benzene rings is 1. The first-order chi connectivity index (χ1) is 7.84. The van der Waals surface area contributed by atoms with Gasteiger partial charge in [0.1, 0.15) is 0 Å². The molecule has 1 aromatic rings. The highest BCUT2D eigenvalue weighted by atomic mass is 14.9. The number of nitrogens with one attached hydrogen (secondary N) is 1. The topological polar surface area (TPSA) is 35.8 Å². The molecule has 0 amide bonds. The summed E-state index contributed by atoms with van der Waals surface area (Å²) in [6, 6.07) is 10.3. The molecule has 0 bridgehead atoms. The van der Waals surface area contributed by atoms with Gasteiger partial charge in [-0.25, -0.2) is 0 Å². The highest BCUT2D eigenvalue weighted by molar-refractivity contribution is 5.35. The fourth-order valence-electron chi connectivity index (χ4n) is 3.22. The predicted octanol–water partition coefficient (Wildman–Crippen LogP) is 2.42. The van der Waals surface area contributed by atoms with Gasteiger partial charge in [-0.2, -0.15) is 5.26 Å². The summed E-state index contributed by atoms with van der Waals surface area (Å²) in [4.78, 5) is 0. The molecule has 1 heterocycles. The maximum absolute atomic E-state index is 8.79. The summed E-state index contributed by atoms with van der Waals surface area (Å²) in [5.41, 5.74) is 2.70. The van der Waals surface area contributed by atoms with Crippen LogP contribution in [0, 0.1) is 16.7 Å². The number of nitrogens with zero attached hydrogens (tertiary/aromatic N) is 1. The Morgan fingerprint density at radius 2 is 2.00 bits per heavy atom. The van der Waals surface area contributed by atoms with Crippen molar-refractivity contribution in [1.29, 1.82) is 5.26 Å². The lowest BCUT2D eigenvalue weighted by Crippen LogP contribution is -2.36.